The smallest absolute Gasteiger partial charge is 0.258 e. The van der Waals surface area contributed by atoms with Crippen LogP contribution in [0.25, 0.3) is 31.8 Å². The molecule has 3 unspecified atom stereocenters. The maximum absolute atomic E-state index is 14.4. The number of anilines is 1. The van der Waals surface area contributed by atoms with Crippen molar-refractivity contribution in [2.45, 2.75) is 146 Å². The highest BCUT2D eigenvalue weighted by Gasteiger charge is 2.54. The number of nitrogens with zero attached hydrogens (tertiary/aromatic N) is 5. The SMILES string of the molecule is CSC(C)(C)C(NC(=O)C1(F)CC1)C(=O)C1CCCC1C(=O)NCc1ccc(-c2scnc2C)cc1.Nc1ncnc2c(C3CCC(N4CCN(CC5CCCCC5)CC4)CC3)sc(-c3ccc(Oc4ccccc4)cc3)c12. The Kier molecular flexibility index (Phi) is 18.0. The first-order chi connectivity index (χ1) is 37.8. The summed E-state index contributed by atoms with van der Waals surface area (Å²) in [5.41, 5.74) is 11.7. The Morgan fingerprint density at radius 1 is 0.808 bits per heavy atom. The maximum atomic E-state index is 14.4. The molecule has 78 heavy (non-hydrogen) atoms. The van der Waals surface area contributed by atoms with E-state index in [4.69, 9.17) is 15.5 Å². The predicted molar refractivity (Wildman–Crippen MR) is 316 cm³/mol. The number of halogens is 1. The number of para-hydroxylation sites is 1. The lowest BCUT2D eigenvalue weighted by molar-refractivity contribution is -0.137. The number of nitrogen functional groups attached to an aromatic ring is 1. The van der Waals surface area contributed by atoms with Crippen molar-refractivity contribution in [3.63, 3.8) is 0 Å². The van der Waals surface area contributed by atoms with Crippen molar-refractivity contribution in [1.29, 1.82) is 0 Å². The van der Waals surface area contributed by atoms with E-state index in [0.717, 1.165) is 68.0 Å². The molecule has 3 atom stereocenters. The summed E-state index contributed by atoms with van der Waals surface area (Å²) in [7, 11) is 0. The van der Waals surface area contributed by atoms with Crippen LogP contribution in [0.2, 0.25) is 0 Å². The number of ketones is 1. The molecule has 0 radical (unpaired) electrons. The number of hydrogen-bond acceptors (Lipinski definition) is 13. The van der Waals surface area contributed by atoms with Crippen LogP contribution < -0.4 is 21.1 Å². The second kappa shape index (κ2) is 25.0. The number of benzene rings is 3. The number of nitrogens with two attached hydrogens (primary N) is 1. The van der Waals surface area contributed by atoms with Gasteiger partial charge in [0.25, 0.3) is 5.91 Å². The van der Waals surface area contributed by atoms with Gasteiger partial charge in [-0.3, -0.25) is 19.3 Å². The minimum absolute atomic E-state index is 0.149. The lowest BCUT2D eigenvalue weighted by atomic mass is 9.83. The molecule has 4 saturated carbocycles. The van der Waals surface area contributed by atoms with Gasteiger partial charge in [-0.05, 0) is 156 Å². The molecule has 11 rings (SSSR count). The Balaban J connectivity index is 0.000000179. The molecule has 0 bridgehead atoms. The Hall–Kier alpha value is -5.26. The van der Waals surface area contributed by atoms with E-state index in [0.29, 0.717) is 31.1 Å². The van der Waals surface area contributed by atoms with Crippen LogP contribution in [-0.2, 0) is 20.9 Å². The molecule has 4 N–H and O–H groups in total. The van der Waals surface area contributed by atoms with Crippen LogP contribution in [0.15, 0.2) is 90.7 Å². The van der Waals surface area contributed by atoms with Gasteiger partial charge in [0.2, 0.25) is 5.91 Å². The van der Waals surface area contributed by atoms with Crippen molar-refractivity contribution >= 4 is 68.8 Å². The van der Waals surface area contributed by atoms with E-state index in [-0.39, 0.29) is 24.5 Å². The Bertz CT molecular complexity index is 2980. The largest absolute Gasteiger partial charge is 0.457 e. The molecule has 4 heterocycles. The van der Waals surface area contributed by atoms with E-state index >= 15 is 0 Å². The number of carbonyl (C=O) groups is 3. The van der Waals surface area contributed by atoms with Gasteiger partial charge in [-0.25, -0.2) is 19.3 Å². The second-order valence-corrected chi connectivity index (χ2v) is 26.3. The minimum Gasteiger partial charge on any atom is -0.457 e. The molecule has 3 aromatic heterocycles. The van der Waals surface area contributed by atoms with Crippen LogP contribution in [0.5, 0.6) is 11.5 Å². The van der Waals surface area contributed by atoms with E-state index in [2.05, 4.69) is 42.5 Å². The van der Waals surface area contributed by atoms with Gasteiger partial charge in [0.05, 0.1) is 27.0 Å². The van der Waals surface area contributed by atoms with E-state index in [9.17, 15) is 18.8 Å². The normalized spacial score (nSPS) is 22.3. The van der Waals surface area contributed by atoms with Gasteiger partial charge in [0.1, 0.15) is 29.7 Å². The monoisotopic (exact) mass is 1110 g/mol. The Morgan fingerprint density at radius 3 is 2.14 bits per heavy atom. The van der Waals surface area contributed by atoms with Gasteiger partial charge >= 0.3 is 0 Å². The number of fused-ring (bicyclic) bond motifs is 1. The number of thiophene rings is 1. The number of hydrogen-bond donors (Lipinski definition) is 3. The minimum atomic E-state index is -1.85. The molecule has 1 aliphatic heterocycles. The maximum Gasteiger partial charge on any atom is 0.258 e. The fraction of sp³-hybridized carbons (Fsp3) is 0.516. The van der Waals surface area contributed by atoms with E-state index < -0.39 is 34.2 Å². The van der Waals surface area contributed by atoms with Gasteiger partial charge < -0.3 is 26.0 Å². The topological polar surface area (TPSA) is 156 Å². The number of aromatic nitrogens is 3. The molecule has 16 heteroatoms. The number of piperazine rings is 1. The zero-order valence-electron chi connectivity index (χ0n) is 45.8. The van der Waals surface area contributed by atoms with Crippen molar-refractivity contribution in [1.82, 2.24) is 35.4 Å². The van der Waals surface area contributed by atoms with Gasteiger partial charge in [-0.15, -0.1) is 22.7 Å². The fourth-order valence-corrected chi connectivity index (χ4v) is 15.0. The summed E-state index contributed by atoms with van der Waals surface area (Å²) in [5.74, 6) is 1.74. The molecular formula is C62H77FN8O4S3. The van der Waals surface area contributed by atoms with Crippen LogP contribution in [0.4, 0.5) is 10.2 Å². The average molecular weight is 1110 g/mol. The molecular weight excluding hydrogens is 1040 g/mol. The first-order valence-electron chi connectivity index (χ1n) is 28.5. The number of aryl methyl sites for hydroxylation is 1. The number of thioether (sulfide) groups is 1. The molecule has 5 aliphatic rings. The second-order valence-electron chi connectivity index (χ2n) is 23.0. The first-order valence-corrected chi connectivity index (χ1v) is 31.4. The lowest BCUT2D eigenvalue weighted by Gasteiger charge is -2.43. The molecule has 12 nitrogen and oxygen atoms in total. The number of thiazole rings is 1. The first kappa shape index (κ1) is 56.0. The molecule has 3 aromatic carbocycles. The highest BCUT2D eigenvalue weighted by Crippen LogP contribution is 2.48. The van der Waals surface area contributed by atoms with Crippen molar-refractivity contribution in [3.8, 4) is 32.4 Å². The Morgan fingerprint density at radius 2 is 1.47 bits per heavy atom. The fourth-order valence-electron chi connectivity index (χ4n) is 12.4. The number of rotatable bonds is 17. The summed E-state index contributed by atoms with van der Waals surface area (Å²) in [6.45, 7) is 12.4. The Labute approximate surface area is 472 Å². The van der Waals surface area contributed by atoms with Crippen molar-refractivity contribution in [3.05, 3.63) is 107 Å². The number of carbonyl (C=O) groups excluding carboxylic acids is 3. The van der Waals surface area contributed by atoms with E-state index in [1.165, 1.54) is 112 Å². The molecule has 6 aromatic rings. The summed E-state index contributed by atoms with van der Waals surface area (Å²) in [6.07, 6.45) is 18.1. The van der Waals surface area contributed by atoms with E-state index in [1.807, 2.05) is 111 Å². The number of Topliss-reactive ketones (excluding diaryl/α,β-unsaturated/α-hetero) is 1. The van der Waals surface area contributed by atoms with Crippen molar-refractivity contribution in [2.75, 3.05) is 44.7 Å². The third-order valence-electron chi connectivity index (χ3n) is 17.4. The average Bonchev–Trinajstić information content (AvgIpc) is 3.79. The summed E-state index contributed by atoms with van der Waals surface area (Å²) in [4.78, 5) is 62.0. The van der Waals surface area contributed by atoms with Crippen LogP contribution in [0.1, 0.15) is 126 Å². The third-order valence-corrected chi connectivity index (χ3v) is 21.1. The van der Waals surface area contributed by atoms with Crippen LogP contribution in [-0.4, -0.2) is 104 Å². The molecule has 4 aliphatic carbocycles. The molecule has 5 fully saturated rings. The highest BCUT2D eigenvalue weighted by atomic mass is 32.2. The molecule has 0 spiro atoms. The molecule has 1 saturated heterocycles. The summed E-state index contributed by atoms with van der Waals surface area (Å²) in [6, 6.07) is 26.1. The quantitative estimate of drug-likeness (QED) is 0.0799. The van der Waals surface area contributed by atoms with Crippen molar-refractivity contribution < 1.29 is 23.5 Å². The van der Waals surface area contributed by atoms with E-state index in [1.54, 1.807) is 17.7 Å². The standard InChI is InChI=1S/C35H43N5OS.C27H34FN3O3S2/c36-35-31-32(37-24-38-35)34(42-33(31)26-13-17-30(18-14-26)41-29-9-5-2-6-10-29)27-11-15-28(16-12-27)40-21-19-39(20-22-40)23-25-7-3-1-4-8-25;1-16-22(36-15-30-16)18-10-8-17(9-11-18)14-29-24(33)20-7-5-6-19(20)21(32)23(26(2,3)35-4)31-25(34)27(28)12-13-27/h2,5-6,9-10,13-14,17-18,24-25,27-28H,1,3-4,7-8,11-12,15-16,19-23H2,(H2,36,37,38);8-11,15,19-20,23H,5-7,12-14H2,1-4H3,(H,29,33)(H,31,34). The molecule has 414 valence electrons. The summed E-state index contributed by atoms with van der Waals surface area (Å²) >= 11 is 4.92. The predicted octanol–water partition coefficient (Wildman–Crippen LogP) is 12.8. The number of alkyl halides is 1. The number of ether oxygens (including phenoxy) is 1. The van der Waals surface area contributed by atoms with Crippen LogP contribution >= 0.6 is 34.4 Å². The summed E-state index contributed by atoms with van der Waals surface area (Å²) < 4.78 is 19.8. The van der Waals surface area contributed by atoms with Crippen LogP contribution in [0.3, 0.4) is 0 Å². The number of nitrogens with one attached hydrogen (secondary N) is 2. The van der Waals surface area contributed by atoms with Crippen LogP contribution in [0, 0.1) is 24.7 Å². The van der Waals surface area contributed by atoms with Crippen molar-refractivity contribution in [2.24, 2.45) is 17.8 Å². The van der Waals surface area contributed by atoms with Gasteiger partial charge in [-0.2, -0.15) is 11.8 Å². The highest BCUT2D eigenvalue weighted by molar-refractivity contribution is 8.00. The summed E-state index contributed by atoms with van der Waals surface area (Å²) in [5, 5.41) is 6.72. The van der Waals surface area contributed by atoms with Gasteiger partial charge in [-0.1, -0.05) is 68.1 Å². The van der Waals surface area contributed by atoms with Gasteiger partial charge in [0, 0.05) is 71.6 Å². The zero-order chi connectivity index (χ0) is 54.4. The lowest BCUT2D eigenvalue weighted by Crippen LogP contribution is -2.57. The molecule has 2 amide bonds. The zero-order valence-corrected chi connectivity index (χ0v) is 48.3. The third kappa shape index (κ3) is 13.2. The van der Waals surface area contributed by atoms with Gasteiger partial charge in [0.15, 0.2) is 11.5 Å². The number of amides is 2.